The van der Waals surface area contributed by atoms with Crippen LogP contribution in [0.1, 0.15) is 94.6 Å². The van der Waals surface area contributed by atoms with Crippen molar-refractivity contribution in [1.82, 2.24) is 0 Å². The SMILES string of the molecule is CC(N)C1(CC=Cc2ccc(C3CCCCC3)c(Cl)c2)CCCCC1.Cl. The summed E-state index contributed by atoms with van der Waals surface area (Å²) in [4.78, 5) is 0. The molecular formula is C23H35Cl2N. The molecule has 3 rings (SSSR count). The van der Waals surface area contributed by atoms with Crippen LogP contribution >= 0.6 is 24.0 Å². The molecule has 1 nitrogen and oxygen atoms in total. The number of benzene rings is 1. The standard InChI is InChI=1S/C23H34ClN.ClH/c1-18(25)23(14-6-3-7-15-23)16-8-9-19-12-13-21(22(24)17-19)20-10-4-2-5-11-20;/h8-9,12-13,17-18,20H,2-7,10-11,14-16,25H2,1H3;1H. The minimum absolute atomic E-state index is 0. The lowest BCUT2D eigenvalue weighted by molar-refractivity contribution is 0.156. The van der Waals surface area contributed by atoms with Crippen molar-refractivity contribution in [2.75, 3.05) is 0 Å². The zero-order valence-electron chi connectivity index (χ0n) is 16.2. The average molecular weight is 396 g/mol. The first-order valence-corrected chi connectivity index (χ1v) is 10.7. The number of hydrogen-bond acceptors (Lipinski definition) is 1. The van der Waals surface area contributed by atoms with Gasteiger partial charge < -0.3 is 5.73 Å². The van der Waals surface area contributed by atoms with E-state index in [0.717, 1.165) is 11.4 Å². The van der Waals surface area contributed by atoms with E-state index in [9.17, 15) is 0 Å². The van der Waals surface area contributed by atoms with Crippen molar-refractivity contribution < 1.29 is 0 Å². The molecular weight excluding hydrogens is 361 g/mol. The first-order chi connectivity index (χ1) is 12.1. The van der Waals surface area contributed by atoms with Gasteiger partial charge in [-0.2, -0.15) is 0 Å². The van der Waals surface area contributed by atoms with Crippen LogP contribution < -0.4 is 5.73 Å². The molecule has 0 aromatic heterocycles. The third kappa shape index (κ3) is 5.27. The molecule has 0 radical (unpaired) electrons. The second kappa shape index (κ2) is 10.2. The summed E-state index contributed by atoms with van der Waals surface area (Å²) in [6, 6.07) is 6.93. The molecule has 0 aliphatic heterocycles. The Morgan fingerprint density at radius 3 is 2.38 bits per heavy atom. The fourth-order valence-corrected chi connectivity index (χ4v) is 5.27. The highest BCUT2D eigenvalue weighted by Gasteiger charge is 2.34. The molecule has 3 heteroatoms. The van der Waals surface area contributed by atoms with Gasteiger partial charge in [-0.15, -0.1) is 12.4 Å². The van der Waals surface area contributed by atoms with Gasteiger partial charge in [0.05, 0.1) is 0 Å². The summed E-state index contributed by atoms with van der Waals surface area (Å²) in [6.45, 7) is 2.19. The van der Waals surface area contributed by atoms with Crippen LogP contribution in [-0.2, 0) is 0 Å². The quantitative estimate of drug-likeness (QED) is 0.547. The summed E-state index contributed by atoms with van der Waals surface area (Å²) in [7, 11) is 0. The van der Waals surface area contributed by atoms with Gasteiger partial charge in [0.25, 0.3) is 0 Å². The zero-order valence-corrected chi connectivity index (χ0v) is 17.8. The molecule has 2 aliphatic rings. The lowest BCUT2D eigenvalue weighted by atomic mass is 9.67. The van der Waals surface area contributed by atoms with Gasteiger partial charge in [0.15, 0.2) is 0 Å². The van der Waals surface area contributed by atoms with E-state index >= 15 is 0 Å². The monoisotopic (exact) mass is 395 g/mol. The number of rotatable bonds is 5. The summed E-state index contributed by atoms with van der Waals surface area (Å²) in [5.74, 6) is 0.669. The van der Waals surface area contributed by atoms with Gasteiger partial charge in [0.1, 0.15) is 0 Å². The van der Waals surface area contributed by atoms with Crippen molar-refractivity contribution >= 4 is 30.1 Å². The Labute approximate surface area is 171 Å². The Kier molecular flexibility index (Phi) is 8.51. The molecule has 0 heterocycles. The van der Waals surface area contributed by atoms with Crippen molar-refractivity contribution in [3.8, 4) is 0 Å². The van der Waals surface area contributed by atoms with E-state index in [4.69, 9.17) is 17.3 Å². The van der Waals surface area contributed by atoms with E-state index < -0.39 is 0 Å². The molecule has 146 valence electrons. The molecule has 0 bridgehead atoms. The largest absolute Gasteiger partial charge is 0.327 e. The molecule has 2 saturated carbocycles. The van der Waals surface area contributed by atoms with Crippen molar-refractivity contribution in [2.45, 2.75) is 89.5 Å². The van der Waals surface area contributed by atoms with Crippen molar-refractivity contribution in [3.05, 3.63) is 40.4 Å². The fraction of sp³-hybridized carbons (Fsp3) is 0.652. The summed E-state index contributed by atoms with van der Waals surface area (Å²) in [5.41, 5.74) is 9.24. The molecule has 1 aromatic rings. The summed E-state index contributed by atoms with van der Waals surface area (Å²) >= 11 is 6.61. The second-order valence-electron chi connectivity index (χ2n) is 8.43. The van der Waals surface area contributed by atoms with Crippen LogP contribution in [0.25, 0.3) is 6.08 Å². The second-order valence-corrected chi connectivity index (χ2v) is 8.84. The lowest BCUT2D eigenvalue weighted by Crippen LogP contribution is -2.40. The topological polar surface area (TPSA) is 26.0 Å². The van der Waals surface area contributed by atoms with Crippen LogP contribution in [0.2, 0.25) is 5.02 Å². The Balaban J connectivity index is 0.00000243. The first-order valence-electron chi connectivity index (χ1n) is 10.3. The van der Waals surface area contributed by atoms with Gasteiger partial charge in [-0.1, -0.05) is 74.4 Å². The summed E-state index contributed by atoms with van der Waals surface area (Å²) in [6.07, 6.45) is 18.9. The van der Waals surface area contributed by atoms with Crippen molar-refractivity contribution in [2.24, 2.45) is 11.1 Å². The minimum atomic E-state index is 0. The maximum absolute atomic E-state index is 6.61. The van der Waals surface area contributed by atoms with Gasteiger partial charge in [-0.25, -0.2) is 0 Å². The number of halogens is 2. The van der Waals surface area contributed by atoms with E-state index in [1.165, 1.54) is 75.3 Å². The molecule has 2 aliphatic carbocycles. The molecule has 1 atom stereocenters. The third-order valence-electron chi connectivity index (χ3n) is 6.72. The Morgan fingerprint density at radius 2 is 1.77 bits per heavy atom. The maximum Gasteiger partial charge on any atom is 0.0446 e. The van der Waals surface area contributed by atoms with Gasteiger partial charge in [0.2, 0.25) is 0 Å². The molecule has 1 unspecified atom stereocenters. The number of allylic oxidation sites excluding steroid dienone is 1. The highest BCUT2D eigenvalue weighted by molar-refractivity contribution is 6.31. The van der Waals surface area contributed by atoms with Crippen LogP contribution in [-0.4, -0.2) is 6.04 Å². The highest BCUT2D eigenvalue weighted by Crippen LogP contribution is 2.42. The molecule has 0 saturated heterocycles. The Hall–Kier alpha value is -0.500. The van der Waals surface area contributed by atoms with E-state index in [0.29, 0.717) is 11.3 Å². The van der Waals surface area contributed by atoms with Crippen LogP contribution in [0, 0.1) is 5.41 Å². The fourth-order valence-electron chi connectivity index (χ4n) is 4.92. The normalized spacial score (nSPS) is 22.1. The van der Waals surface area contributed by atoms with E-state index in [-0.39, 0.29) is 18.4 Å². The third-order valence-corrected chi connectivity index (χ3v) is 7.05. The smallest absolute Gasteiger partial charge is 0.0446 e. The highest BCUT2D eigenvalue weighted by atomic mass is 35.5. The van der Waals surface area contributed by atoms with Crippen molar-refractivity contribution in [3.63, 3.8) is 0 Å². The van der Waals surface area contributed by atoms with E-state index in [1.54, 1.807) is 0 Å². The van der Waals surface area contributed by atoms with Gasteiger partial charge in [-0.3, -0.25) is 0 Å². The van der Waals surface area contributed by atoms with E-state index in [1.807, 2.05) is 0 Å². The molecule has 26 heavy (non-hydrogen) atoms. The predicted octanol–water partition coefficient (Wildman–Crippen LogP) is 7.51. The molecule has 2 N–H and O–H groups in total. The summed E-state index contributed by atoms with van der Waals surface area (Å²) in [5, 5.41) is 0.952. The number of nitrogens with two attached hydrogens (primary N) is 1. The van der Waals surface area contributed by atoms with Gasteiger partial charge in [0, 0.05) is 11.1 Å². The van der Waals surface area contributed by atoms with Crippen LogP contribution in [0.4, 0.5) is 0 Å². The lowest BCUT2D eigenvalue weighted by Gasteiger charge is -2.40. The molecule has 2 fully saturated rings. The molecule has 0 amide bonds. The van der Waals surface area contributed by atoms with Gasteiger partial charge in [-0.05, 0) is 67.6 Å². The predicted molar refractivity (Wildman–Crippen MR) is 117 cm³/mol. The molecule has 1 aromatic carbocycles. The first kappa shape index (κ1) is 21.8. The van der Waals surface area contributed by atoms with E-state index in [2.05, 4.69) is 37.3 Å². The number of hydrogen-bond donors (Lipinski definition) is 1. The zero-order chi connectivity index (χ0) is 17.7. The average Bonchev–Trinajstić information content (AvgIpc) is 2.63. The van der Waals surface area contributed by atoms with Crippen molar-refractivity contribution in [1.29, 1.82) is 0 Å². The maximum atomic E-state index is 6.61. The van der Waals surface area contributed by atoms with Gasteiger partial charge >= 0.3 is 0 Å². The van der Waals surface area contributed by atoms with Crippen LogP contribution in [0.3, 0.4) is 0 Å². The minimum Gasteiger partial charge on any atom is -0.327 e. The molecule has 0 spiro atoms. The summed E-state index contributed by atoms with van der Waals surface area (Å²) < 4.78 is 0. The Bertz CT molecular complexity index is 582. The van der Waals surface area contributed by atoms with Crippen LogP contribution in [0.15, 0.2) is 24.3 Å². The Morgan fingerprint density at radius 1 is 1.12 bits per heavy atom. The van der Waals surface area contributed by atoms with Crippen LogP contribution in [0.5, 0.6) is 0 Å².